The van der Waals surface area contributed by atoms with Crippen LogP contribution in [0, 0.1) is 5.92 Å². The van der Waals surface area contributed by atoms with Gasteiger partial charge in [0.1, 0.15) is 6.10 Å². The Hall–Kier alpha value is -1.61. The second-order valence-corrected chi connectivity index (χ2v) is 12.2. The number of carbonyl (C=O) groups excluding carboxylic acids is 1. The highest BCUT2D eigenvalue weighted by Crippen LogP contribution is 2.47. The Morgan fingerprint density at radius 3 is 2.73 bits per heavy atom. The fourth-order valence-electron chi connectivity index (χ4n) is 4.05. The van der Waals surface area contributed by atoms with Crippen LogP contribution in [0.2, 0.25) is 18.6 Å². The van der Waals surface area contributed by atoms with E-state index in [1.165, 1.54) is 11.1 Å². The maximum absolute atomic E-state index is 11.8. The van der Waals surface area contributed by atoms with Crippen molar-refractivity contribution in [2.24, 2.45) is 5.92 Å². The van der Waals surface area contributed by atoms with E-state index in [0.29, 0.717) is 12.0 Å². The lowest BCUT2D eigenvalue weighted by Crippen LogP contribution is -2.45. The predicted octanol–water partition coefficient (Wildman–Crippen LogP) is 4.29. The molecule has 0 saturated carbocycles. The van der Waals surface area contributed by atoms with Crippen LogP contribution in [0.25, 0.3) is 0 Å². The molecule has 116 valence electrons. The van der Waals surface area contributed by atoms with Crippen molar-refractivity contribution in [1.82, 2.24) is 0 Å². The molecule has 1 aliphatic heterocycles. The van der Waals surface area contributed by atoms with Crippen LogP contribution in [0.3, 0.4) is 0 Å². The van der Waals surface area contributed by atoms with Gasteiger partial charge in [0.15, 0.2) is 0 Å². The van der Waals surface area contributed by atoms with E-state index < -0.39 is 8.07 Å². The Labute approximate surface area is 133 Å². The van der Waals surface area contributed by atoms with Gasteiger partial charge in [-0.05, 0) is 23.6 Å². The average Bonchev–Trinajstić information content (AvgIpc) is 2.87. The zero-order chi connectivity index (χ0) is 15.7. The molecule has 22 heavy (non-hydrogen) atoms. The number of ether oxygens (including phenoxy) is 1. The average molecular weight is 312 g/mol. The van der Waals surface area contributed by atoms with Crippen LogP contribution in [-0.2, 0) is 15.6 Å². The van der Waals surface area contributed by atoms with Gasteiger partial charge in [-0.2, -0.15) is 0 Å². The van der Waals surface area contributed by atoms with E-state index in [1.807, 2.05) is 6.08 Å². The van der Waals surface area contributed by atoms with Crippen molar-refractivity contribution in [3.8, 4) is 0 Å². The molecule has 0 aromatic heterocycles. The zero-order valence-corrected chi connectivity index (χ0v) is 14.4. The summed E-state index contributed by atoms with van der Waals surface area (Å²) in [6, 6.07) is 11.8. The molecule has 0 spiro atoms. The van der Waals surface area contributed by atoms with Gasteiger partial charge < -0.3 is 4.74 Å². The maximum atomic E-state index is 11.8. The van der Waals surface area contributed by atoms with Gasteiger partial charge in [0.2, 0.25) is 0 Å². The third-order valence-electron chi connectivity index (χ3n) is 5.22. The molecule has 1 saturated heterocycles. The van der Waals surface area contributed by atoms with Gasteiger partial charge in [-0.1, -0.05) is 67.7 Å². The zero-order valence-electron chi connectivity index (χ0n) is 13.4. The lowest BCUT2D eigenvalue weighted by Gasteiger charge is -2.40. The monoisotopic (exact) mass is 312 g/mol. The molecular weight excluding hydrogens is 288 g/mol. The molecule has 1 aromatic rings. The number of esters is 1. The van der Waals surface area contributed by atoms with Crippen LogP contribution in [0.4, 0.5) is 0 Å². The van der Waals surface area contributed by atoms with E-state index in [-0.39, 0.29) is 18.0 Å². The van der Waals surface area contributed by atoms with Gasteiger partial charge in [0, 0.05) is 5.92 Å². The van der Waals surface area contributed by atoms with Crippen LogP contribution in [-0.4, -0.2) is 20.1 Å². The summed E-state index contributed by atoms with van der Waals surface area (Å²) in [6.07, 6.45) is 5.80. The Balaban J connectivity index is 1.85. The standard InChI is InChI=1S/C19H24O2Si/c1-4-15-10-11-17(19-16(15)12-18(20)21-19)22(2,3)13-14-8-6-5-7-9-14/h4-10,16-17,19H,1,11-13H2,2-3H3/t16-,17+,19-/m1/s1. The first-order valence-corrected chi connectivity index (χ1v) is 11.4. The van der Waals surface area contributed by atoms with Gasteiger partial charge in [-0.25, -0.2) is 0 Å². The Kier molecular flexibility index (Phi) is 4.09. The second-order valence-electron chi connectivity index (χ2n) is 7.17. The van der Waals surface area contributed by atoms with Crippen molar-refractivity contribution in [2.45, 2.75) is 43.6 Å². The van der Waals surface area contributed by atoms with Gasteiger partial charge >= 0.3 is 5.97 Å². The topological polar surface area (TPSA) is 26.3 Å². The van der Waals surface area contributed by atoms with Crippen molar-refractivity contribution in [3.05, 3.63) is 60.2 Å². The van der Waals surface area contributed by atoms with Gasteiger partial charge in [0.05, 0.1) is 14.5 Å². The normalized spacial score (nSPS) is 27.8. The van der Waals surface area contributed by atoms with Crippen LogP contribution in [0.1, 0.15) is 18.4 Å². The molecule has 0 unspecified atom stereocenters. The van der Waals surface area contributed by atoms with Gasteiger partial charge in [0.25, 0.3) is 0 Å². The van der Waals surface area contributed by atoms with Gasteiger partial charge in [-0.15, -0.1) is 0 Å². The number of fused-ring (bicyclic) bond motifs is 1. The van der Waals surface area contributed by atoms with E-state index in [4.69, 9.17) is 4.74 Å². The van der Waals surface area contributed by atoms with E-state index in [0.717, 1.165) is 12.5 Å². The predicted molar refractivity (Wildman–Crippen MR) is 92.3 cm³/mol. The largest absolute Gasteiger partial charge is 0.462 e. The quantitative estimate of drug-likeness (QED) is 0.612. The molecule has 2 nitrogen and oxygen atoms in total. The summed E-state index contributed by atoms with van der Waals surface area (Å²) in [5.41, 5.74) is 3.10. The molecule has 3 rings (SSSR count). The van der Waals surface area contributed by atoms with Crippen LogP contribution in [0.15, 0.2) is 54.6 Å². The number of hydrogen-bond donors (Lipinski definition) is 0. The third kappa shape index (κ3) is 2.82. The molecule has 0 amide bonds. The number of hydrogen-bond acceptors (Lipinski definition) is 2. The molecule has 0 radical (unpaired) electrons. The molecule has 1 fully saturated rings. The van der Waals surface area contributed by atoms with Crippen molar-refractivity contribution in [3.63, 3.8) is 0 Å². The van der Waals surface area contributed by atoms with Crippen molar-refractivity contribution >= 4 is 14.0 Å². The smallest absolute Gasteiger partial charge is 0.306 e. The highest BCUT2D eigenvalue weighted by molar-refractivity contribution is 6.78. The highest BCUT2D eigenvalue weighted by Gasteiger charge is 2.49. The minimum Gasteiger partial charge on any atom is -0.462 e. The fourth-order valence-corrected chi connectivity index (χ4v) is 7.54. The summed E-state index contributed by atoms with van der Waals surface area (Å²) in [4.78, 5) is 11.8. The summed E-state index contributed by atoms with van der Waals surface area (Å²) in [7, 11) is -1.56. The lowest BCUT2D eigenvalue weighted by molar-refractivity contribution is -0.141. The molecule has 2 aliphatic rings. The summed E-state index contributed by atoms with van der Waals surface area (Å²) in [5.74, 6) is 0.186. The molecule has 1 aliphatic carbocycles. The lowest BCUT2D eigenvalue weighted by atomic mass is 9.84. The van der Waals surface area contributed by atoms with Gasteiger partial charge in [-0.3, -0.25) is 4.79 Å². The minimum atomic E-state index is -1.56. The molecule has 1 heterocycles. The molecule has 3 atom stereocenters. The SMILES string of the molecule is C=CC1=CC[C@H]([Si](C)(C)Cc2ccccc2)[C@@H]2OC(=O)C[C@H]12. The maximum Gasteiger partial charge on any atom is 0.306 e. The molecule has 1 aromatic carbocycles. The van der Waals surface area contributed by atoms with E-state index in [2.05, 4.69) is 56.1 Å². The summed E-state index contributed by atoms with van der Waals surface area (Å²) >= 11 is 0. The highest BCUT2D eigenvalue weighted by atomic mass is 28.3. The van der Waals surface area contributed by atoms with E-state index in [9.17, 15) is 4.79 Å². The number of carbonyl (C=O) groups is 1. The van der Waals surface area contributed by atoms with Crippen LogP contribution >= 0.6 is 0 Å². The summed E-state index contributed by atoms with van der Waals surface area (Å²) in [6.45, 7) is 8.76. The Bertz CT molecular complexity index is 603. The summed E-state index contributed by atoms with van der Waals surface area (Å²) in [5, 5.41) is 0. The molecule has 0 N–H and O–H groups in total. The number of allylic oxidation sites excluding steroid dienone is 2. The third-order valence-corrected chi connectivity index (χ3v) is 9.12. The van der Waals surface area contributed by atoms with Crippen LogP contribution < -0.4 is 0 Å². The minimum absolute atomic E-state index is 0.0424. The fraction of sp³-hybridized carbons (Fsp3) is 0.421. The number of rotatable bonds is 4. The summed E-state index contributed by atoms with van der Waals surface area (Å²) < 4.78 is 5.74. The van der Waals surface area contributed by atoms with Crippen LogP contribution in [0.5, 0.6) is 0 Å². The first kappa shape index (κ1) is 15.3. The molecular formula is C19H24O2Si. The molecule has 0 bridgehead atoms. The first-order valence-electron chi connectivity index (χ1n) is 8.07. The second kappa shape index (κ2) is 5.88. The van der Waals surface area contributed by atoms with Crippen molar-refractivity contribution in [1.29, 1.82) is 0 Å². The van der Waals surface area contributed by atoms with E-state index in [1.54, 1.807) is 0 Å². The Morgan fingerprint density at radius 2 is 2.05 bits per heavy atom. The Morgan fingerprint density at radius 1 is 1.32 bits per heavy atom. The molecule has 3 heteroatoms. The van der Waals surface area contributed by atoms with Crippen molar-refractivity contribution < 1.29 is 9.53 Å². The van der Waals surface area contributed by atoms with Crippen molar-refractivity contribution in [2.75, 3.05) is 0 Å². The van der Waals surface area contributed by atoms with E-state index >= 15 is 0 Å². The first-order chi connectivity index (χ1) is 10.5. The number of benzene rings is 1.